The number of methoxy groups -OCH3 is 1. The smallest absolute Gasteiger partial charge is 0.251 e. The van der Waals surface area contributed by atoms with Crippen molar-refractivity contribution in [3.63, 3.8) is 0 Å². The predicted octanol–water partition coefficient (Wildman–Crippen LogP) is 1.55. The van der Waals surface area contributed by atoms with Crippen molar-refractivity contribution in [2.24, 2.45) is 0 Å². The van der Waals surface area contributed by atoms with E-state index >= 15 is 0 Å². The quantitative estimate of drug-likeness (QED) is 0.693. The van der Waals surface area contributed by atoms with Gasteiger partial charge in [-0.2, -0.15) is 0 Å². The van der Waals surface area contributed by atoms with Gasteiger partial charge in [-0.3, -0.25) is 14.5 Å². The maximum absolute atomic E-state index is 12.5. The molecule has 3 rings (SSSR count). The summed E-state index contributed by atoms with van der Waals surface area (Å²) in [5.41, 5.74) is 0.631. The summed E-state index contributed by atoms with van der Waals surface area (Å²) in [5, 5.41) is 6.29. The molecule has 0 spiro atoms. The van der Waals surface area contributed by atoms with Crippen LogP contribution in [0.15, 0.2) is 24.3 Å². The van der Waals surface area contributed by atoms with Crippen molar-refractivity contribution in [1.29, 1.82) is 0 Å². The van der Waals surface area contributed by atoms with E-state index in [0.29, 0.717) is 12.1 Å². The van der Waals surface area contributed by atoms with Gasteiger partial charge in [0.25, 0.3) is 5.91 Å². The van der Waals surface area contributed by atoms with Gasteiger partial charge < -0.3 is 20.3 Å². The van der Waals surface area contributed by atoms with Gasteiger partial charge in [0.1, 0.15) is 5.75 Å². The molecule has 2 saturated heterocycles. The summed E-state index contributed by atoms with van der Waals surface area (Å²) in [6, 6.07) is 7.10. The van der Waals surface area contributed by atoms with Crippen molar-refractivity contribution < 1.29 is 14.3 Å². The lowest BCUT2D eigenvalue weighted by molar-refractivity contribution is -0.135. The van der Waals surface area contributed by atoms with Crippen molar-refractivity contribution in [3.05, 3.63) is 29.8 Å². The number of nitrogens with zero attached hydrogens (tertiary/aromatic N) is 2. The van der Waals surface area contributed by atoms with Gasteiger partial charge in [-0.25, -0.2) is 0 Å². The highest BCUT2D eigenvalue weighted by molar-refractivity contribution is 5.94. The van der Waals surface area contributed by atoms with E-state index in [0.717, 1.165) is 57.9 Å². The number of carbonyl (C=O) groups is 2. The van der Waals surface area contributed by atoms with Crippen LogP contribution in [0.25, 0.3) is 0 Å². The van der Waals surface area contributed by atoms with Gasteiger partial charge in [-0.05, 0) is 43.7 Å². The topological polar surface area (TPSA) is 73.9 Å². The molecular formula is C20H32Cl2N4O3. The van der Waals surface area contributed by atoms with Crippen molar-refractivity contribution >= 4 is 36.6 Å². The van der Waals surface area contributed by atoms with Crippen LogP contribution in [0.1, 0.15) is 29.6 Å². The Labute approximate surface area is 185 Å². The Balaban J connectivity index is 0.00000210. The molecule has 2 N–H and O–H groups in total. The summed E-state index contributed by atoms with van der Waals surface area (Å²) in [7, 11) is 1.61. The van der Waals surface area contributed by atoms with Gasteiger partial charge in [0.15, 0.2) is 0 Å². The second kappa shape index (κ2) is 12.9. The number of ether oxygens (including phenoxy) is 1. The fourth-order valence-electron chi connectivity index (χ4n) is 3.65. The van der Waals surface area contributed by atoms with Crippen LogP contribution in [-0.4, -0.2) is 80.6 Å². The van der Waals surface area contributed by atoms with Crippen LogP contribution in [0.3, 0.4) is 0 Å². The largest absolute Gasteiger partial charge is 0.497 e. The van der Waals surface area contributed by atoms with Crippen molar-refractivity contribution in [2.75, 3.05) is 52.9 Å². The molecule has 0 aromatic heterocycles. The number of carbonyl (C=O) groups excluding carboxylic acids is 2. The summed E-state index contributed by atoms with van der Waals surface area (Å²) in [4.78, 5) is 29.0. The number of piperidine rings is 1. The van der Waals surface area contributed by atoms with Crippen LogP contribution in [-0.2, 0) is 4.79 Å². The number of benzene rings is 1. The van der Waals surface area contributed by atoms with E-state index in [1.54, 1.807) is 31.4 Å². The third-order valence-corrected chi connectivity index (χ3v) is 5.36. The first-order valence-electron chi connectivity index (χ1n) is 9.84. The summed E-state index contributed by atoms with van der Waals surface area (Å²) in [5.74, 6) is 0.916. The van der Waals surface area contributed by atoms with Gasteiger partial charge >= 0.3 is 0 Å². The molecule has 2 amide bonds. The highest BCUT2D eigenvalue weighted by Gasteiger charge is 2.28. The Morgan fingerprint density at radius 3 is 2.38 bits per heavy atom. The monoisotopic (exact) mass is 446 g/mol. The molecular weight excluding hydrogens is 415 g/mol. The van der Waals surface area contributed by atoms with E-state index in [1.165, 1.54) is 6.42 Å². The number of hydrogen-bond donors (Lipinski definition) is 2. The predicted molar refractivity (Wildman–Crippen MR) is 118 cm³/mol. The minimum Gasteiger partial charge on any atom is -0.497 e. The Kier molecular flexibility index (Phi) is 11.3. The van der Waals surface area contributed by atoms with Crippen LogP contribution in [0.5, 0.6) is 5.75 Å². The number of rotatable bonds is 6. The Morgan fingerprint density at radius 1 is 1.10 bits per heavy atom. The molecule has 1 aromatic carbocycles. The average molecular weight is 447 g/mol. The highest BCUT2D eigenvalue weighted by atomic mass is 35.5. The number of nitrogens with one attached hydrogen (secondary N) is 2. The highest BCUT2D eigenvalue weighted by Crippen LogP contribution is 2.12. The molecule has 1 aromatic rings. The van der Waals surface area contributed by atoms with Crippen LogP contribution >= 0.6 is 24.8 Å². The number of halogens is 2. The van der Waals surface area contributed by atoms with Gasteiger partial charge in [0.05, 0.1) is 13.2 Å². The molecule has 0 bridgehead atoms. The van der Waals surface area contributed by atoms with Crippen molar-refractivity contribution in [2.45, 2.75) is 25.3 Å². The molecule has 2 aliphatic rings. The standard InChI is InChI=1S/C20H30N4O3.2ClH/c1-27-17-7-5-16(6-8-17)19(25)22-10-11-23-12-14-24(15-13-23)20(26)18-4-2-3-9-21-18;;/h5-8,18,21H,2-4,9-15H2,1H3,(H,22,25);2*1H/t18-;;/m1../s1. The fraction of sp³-hybridized carbons (Fsp3) is 0.600. The zero-order chi connectivity index (χ0) is 19.1. The molecule has 1 atom stereocenters. The summed E-state index contributed by atoms with van der Waals surface area (Å²) in [6.45, 7) is 5.60. The SMILES string of the molecule is COc1ccc(C(=O)NCCN2CCN(C(=O)[C@H]3CCCCN3)CC2)cc1.Cl.Cl. The number of piperazine rings is 1. The summed E-state index contributed by atoms with van der Waals surface area (Å²) >= 11 is 0. The third-order valence-electron chi connectivity index (χ3n) is 5.36. The molecule has 9 heteroatoms. The van der Waals surface area contributed by atoms with Crippen LogP contribution in [0.4, 0.5) is 0 Å². The van der Waals surface area contributed by atoms with Crippen molar-refractivity contribution in [1.82, 2.24) is 20.4 Å². The molecule has 2 heterocycles. The molecule has 0 unspecified atom stereocenters. The summed E-state index contributed by atoms with van der Waals surface area (Å²) < 4.78 is 5.10. The zero-order valence-corrected chi connectivity index (χ0v) is 18.5. The third kappa shape index (κ3) is 7.33. The second-order valence-electron chi connectivity index (χ2n) is 7.15. The van der Waals surface area contributed by atoms with Crippen LogP contribution < -0.4 is 15.4 Å². The molecule has 2 fully saturated rings. The molecule has 2 aliphatic heterocycles. The average Bonchev–Trinajstić information content (AvgIpc) is 2.74. The van der Waals surface area contributed by atoms with E-state index in [-0.39, 0.29) is 42.7 Å². The molecule has 0 radical (unpaired) electrons. The molecule has 0 aliphatic carbocycles. The lowest BCUT2D eigenvalue weighted by atomic mass is 10.0. The maximum Gasteiger partial charge on any atom is 0.251 e. The fourth-order valence-corrected chi connectivity index (χ4v) is 3.65. The van der Waals surface area contributed by atoms with Gasteiger partial charge in [0.2, 0.25) is 5.91 Å². The van der Waals surface area contributed by atoms with E-state index in [2.05, 4.69) is 15.5 Å². The zero-order valence-electron chi connectivity index (χ0n) is 16.9. The van der Waals surface area contributed by atoms with Gasteiger partial charge in [0, 0.05) is 44.8 Å². The first-order chi connectivity index (χ1) is 13.2. The lowest BCUT2D eigenvalue weighted by Gasteiger charge is -2.37. The van der Waals surface area contributed by atoms with E-state index in [9.17, 15) is 9.59 Å². The molecule has 7 nitrogen and oxygen atoms in total. The molecule has 164 valence electrons. The number of amides is 2. The van der Waals surface area contributed by atoms with E-state index in [4.69, 9.17) is 4.74 Å². The van der Waals surface area contributed by atoms with Gasteiger partial charge in [-0.15, -0.1) is 24.8 Å². The summed E-state index contributed by atoms with van der Waals surface area (Å²) in [6.07, 6.45) is 3.26. The molecule has 0 saturated carbocycles. The Bertz CT molecular complexity index is 631. The first kappa shape index (κ1) is 25.5. The number of hydrogen-bond acceptors (Lipinski definition) is 5. The van der Waals surface area contributed by atoms with Gasteiger partial charge in [-0.1, -0.05) is 6.42 Å². The Morgan fingerprint density at radius 2 is 1.79 bits per heavy atom. The van der Waals surface area contributed by atoms with Crippen molar-refractivity contribution in [3.8, 4) is 5.75 Å². The van der Waals surface area contributed by atoms with Crippen LogP contribution in [0.2, 0.25) is 0 Å². The normalized spacial score (nSPS) is 19.5. The lowest BCUT2D eigenvalue weighted by Crippen LogP contribution is -2.55. The second-order valence-corrected chi connectivity index (χ2v) is 7.15. The molecule has 29 heavy (non-hydrogen) atoms. The van der Waals surface area contributed by atoms with E-state index in [1.807, 2.05) is 4.90 Å². The minimum absolute atomic E-state index is 0. The van der Waals surface area contributed by atoms with E-state index < -0.39 is 0 Å². The minimum atomic E-state index is -0.0742. The maximum atomic E-state index is 12.5. The Hall–Kier alpha value is -1.54. The van der Waals surface area contributed by atoms with Crippen LogP contribution in [0, 0.1) is 0 Å². The first-order valence-corrected chi connectivity index (χ1v) is 9.84.